The number of nitrogens with two attached hydrogens (primary N) is 1. The Morgan fingerprint density at radius 2 is 2.19 bits per heavy atom. The monoisotopic (exact) mass is 221 g/mol. The molecule has 16 heavy (non-hydrogen) atoms. The van der Waals surface area contributed by atoms with Crippen LogP contribution in [-0.4, -0.2) is 19.2 Å². The summed E-state index contributed by atoms with van der Waals surface area (Å²) in [4.78, 5) is 3.84. The molecule has 0 saturated carbocycles. The van der Waals surface area contributed by atoms with Crippen LogP contribution in [0, 0.1) is 0 Å². The van der Waals surface area contributed by atoms with Crippen molar-refractivity contribution in [1.82, 2.24) is 0 Å². The van der Waals surface area contributed by atoms with Crippen LogP contribution in [0.1, 0.15) is 17.5 Å². The zero-order valence-electron chi connectivity index (χ0n) is 9.17. The largest absolute Gasteiger partial charge is 0.370 e. The van der Waals surface area contributed by atoms with Gasteiger partial charge in [0.2, 0.25) is 0 Å². The summed E-state index contributed by atoms with van der Waals surface area (Å²) in [5, 5.41) is 2.97. The van der Waals surface area contributed by atoms with Crippen molar-refractivity contribution in [3.8, 4) is 0 Å². The minimum absolute atomic E-state index is 0.115. The molecule has 1 aromatic carbocycles. The van der Waals surface area contributed by atoms with E-state index in [-0.39, 0.29) is 12.5 Å². The maximum absolute atomic E-state index is 11.9. The third kappa shape index (κ3) is 2.51. The summed E-state index contributed by atoms with van der Waals surface area (Å²) in [5.41, 5.74) is 9.34. The molecule has 0 radical (unpaired) electrons. The maximum Gasteiger partial charge on any atom is 0.193 e. The van der Waals surface area contributed by atoms with Crippen LogP contribution in [0.5, 0.6) is 0 Å². The van der Waals surface area contributed by atoms with Crippen molar-refractivity contribution in [3.63, 3.8) is 0 Å². The Labute approximate surface area is 94.6 Å². The van der Waals surface area contributed by atoms with Gasteiger partial charge >= 0.3 is 0 Å². The number of anilines is 1. The normalized spacial score (nSPS) is 14.9. The van der Waals surface area contributed by atoms with Crippen LogP contribution in [-0.2, 0) is 12.8 Å². The van der Waals surface area contributed by atoms with Crippen molar-refractivity contribution < 1.29 is 4.39 Å². The van der Waals surface area contributed by atoms with Gasteiger partial charge < -0.3 is 11.1 Å². The lowest BCUT2D eigenvalue weighted by molar-refractivity contribution is 0.505. The second-order valence-electron chi connectivity index (χ2n) is 3.92. The van der Waals surface area contributed by atoms with Crippen LogP contribution >= 0.6 is 0 Å². The number of benzene rings is 1. The Morgan fingerprint density at radius 3 is 3.00 bits per heavy atom. The molecule has 1 aromatic rings. The predicted octanol–water partition coefficient (Wildman–Crippen LogP) is 1.87. The minimum atomic E-state index is -0.480. The number of alkyl halides is 1. The Morgan fingerprint density at radius 1 is 1.38 bits per heavy atom. The van der Waals surface area contributed by atoms with Gasteiger partial charge in [-0.05, 0) is 42.5 Å². The molecule has 0 heterocycles. The Bertz CT molecular complexity index is 401. The zero-order valence-corrected chi connectivity index (χ0v) is 9.17. The maximum atomic E-state index is 11.9. The van der Waals surface area contributed by atoms with Crippen molar-refractivity contribution in [1.29, 1.82) is 0 Å². The minimum Gasteiger partial charge on any atom is -0.370 e. The van der Waals surface area contributed by atoms with Crippen molar-refractivity contribution in [2.45, 2.75) is 19.3 Å². The Kier molecular flexibility index (Phi) is 3.39. The van der Waals surface area contributed by atoms with Crippen LogP contribution in [0.3, 0.4) is 0 Å². The number of halogens is 1. The molecule has 0 amide bonds. The third-order valence-corrected chi connectivity index (χ3v) is 2.74. The molecule has 0 atom stereocenters. The van der Waals surface area contributed by atoms with Gasteiger partial charge in [0.05, 0.1) is 6.54 Å². The number of hydrogen-bond donors (Lipinski definition) is 2. The average Bonchev–Trinajstić information content (AvgIpc) is 2.73. The van der Waals surface area contributed by atoms with Crippen molar-refractivity contribution in [3.05, 3.63) is 29.3 Å². The van der Waals surface area contributed by atoms with Crippen molar-refractivity contribution >= 4 is 11.6 Å². The fraction of sp³-hybridized carbons (Fsp3) is 0.417. The van der Waals surface area contributed by atoms with Gasteiger partial charge in [-0.3, -0.25) is 4.99 Å². The molecule has 0 fully saturated rings. The van der Waals surface area contributed by atoms with E-state index in [1.54, 1.807) is 0 Å². The number of rotatable bonds is 3. The van der Waals surface area contributed by atoms with Crippen molar-refractivity contribution in [2.75, 3.05) is 18.5 Å². The van der Waals surface area contributed by atoms with Gasteiger partial charge in [-0.2, -0.15) is 0 Å². The van der Waals surface area contributed by atoms with Crippen LogP contribution in [0.15, 0.2) is 23.2 Å². The van der Waals surface area contributed by atoms with E-state index in [0.29, 0.717) is 0 Å². The molecule has 0 unspecified atom stereocenters. The molecule has 3 nitrogen and oxygen atoms in total. The van der Waals surface area contributed by atoms with Gasteiger partial charge in [0.25, 0.3) is 0 Å². The molecule has 3 N–H and O–H groups in total. The van der Waals surface area contributed by atoms with E-state index in [9.17, 15) is 4.39 Å². The number of nitrogens with zero attached hydrogens (tertiary/aromatic N) is 1. The summed E-state index contributed by atoms with van der Waals surface area (Å²) in [5.74, 6) is 0.274. The predicted molar refractivity (Wildman–Crippen MR) is 64.6 cm³/mol. The highest BCUT2D eigenvalue weighted by Gasteiger charge is 2.10. The first kappa shape index (κ1) is 10.9. The van der Waals surface area contributed by atoms with Gasteiger partial charge in [-0.1, -0.05) is 6.07 Å². The van der Waals surface area contributed by atoms with Crippen LogP contribution in [0.2, 0.25) is 0 Å². The quantitative estimate of drug-likeness (QED) is 0.604. The summed E-state index contributed by atoms with van der Waals surface area (Å²) in [6.07, 6.45) is 3.53. The van der Waals surface area contributed by atoms with E-state index in [1.165, 1.54) is 24.0 Å². The second-order valence-corrected chi connectivity index (χ2v) is 3.92. The molecular weight excluding hydrogens is 205 g/mol. The number of nitrogens with one attached hydrogen (secondary N) is 1. The topological polar surface area (TPSA) is 50.4 Å². The Hall–Kier alpha value is -1.58. The highest BCUT2D eigenvalue weighted by molar-refractivity contribution is 5.92. The number of fused-ring (bicyclic) bond motifs is 1. The highest BCUT2D eigenvalue weighted by Crippen LogP contribution is 2.24. The van der Waals surface area contributed by atoms with Gasteiger partial charge in [-0.25, -0.2) is 4.39 Å². The molecule has 86 valence electrons. The molecule has 2 rings (SSSR count). The van der Waals surface area contributed by atoms with E-state index in [2.05, 4.69) is 22.4 Å². The zero-order chi connectivity index (χ0) is 11.4. The molecule has 0 bridgehead atoms. The summed E-state index contributed by atoms with van der Waals surface area (Å²) >= 11 is 0. The molecule has 4 heteroatoms. The first-order valence-electron chi connectivity index (χ1n) is 5.54. The number of aryl methyl sites for hydroxylation is 2. The van der Waals surface area contributed by atoms with Crippen LogP contribution in [0.4, 0.5) is 10.1 Å². The first-order valence-corrected chi connectivity index (χ1v) is 5.54. The smallest absolute Gasteiger partial charge is 0.193 e. The molecule has 0 aromatic heterocycles. The molecular formula is C12H16FN3. The standard InChI is InChI=1S/C12H16FN3/c13-6-7-15-12(14)16-11-5-4-9-2-1-3-10(9)8-11/h4-5,8H,1-3,6-7H2,(H3,14,15,16). The summed E-state index contributed by atoms with van der Waals surface area (Å²) in [7, 11) is 0. The average molecular weight is 221 g/mol. The highest BCUT2D eigenvalue weighted by atomic mass is 19.1. The molecule has 0 aliphatic heterocycles. The van der Waals surface area contributed by atoms with Crippen LogP contribution in [0.25, 0.3) is 0 Å². The van der Waals surface area contributed by atoms with E-state index < -0.39 is 6.67 Å². The van der Waals surface area contributed by atoms with E-state index in [1.807, 2.05) is 6.07 Å². The van der Waals surface area contributed by atoms with E-state index in [0.717, 1.165) is 12.1 Å². The lowest BCUT2D eigenvalue weighted by Gasteiger charge is -2.07. The number of guanidine groups is 1. The first-order chi connectivity index (χ1) is 7.79. The number of hydrogen-bond acceptors (Lipinski definition) is 1. The van der Waals surface area contributed by atoms with Crippen LogP contribution < -0.4 is 11.1 Å². The molecule has 1 aliphatic rings. The summed E-state index contributed by atoms with van der Waals surface area (Å²) < 4.78 is 11.9. The summed E-state index contributed by atoms with van der Waals surface area (Å²) in [6.45, 7) is -0.365. The van der Waals surface area contributed by atoms with Crippen molar-refractivity contribution in [2.24, 2.45) is 10.7 Å². The van der Waals surface area contributed by atoms with Gasteiger partial charge in [0.15, 0.2) is 5.96 Å². The second kappa shape index (κ2) is 4.96. The molecule has 0 saturated heterocycles. The lowest BCUT2D eigenvalue weighted by Crippen LogP contribution is -2.23. The number of aliphatic imine (C=N–C) groups is 1. The van der Waals surface area contributed by atoms with Gasteiger partial charge in [-0.15, -0.1) is 0 Å². The molecule has 1 aliphatic carbocycles. The van der Waals surface area contributed by atoms with E-state index in [4.69, 9.17) is 5.73 Å². The van der Waals surface area contributed by atoms with Gasteiger partial charge in [0.1, 0.15) is 6.67 Å². The fourth-order valence-corrected chi connectivity index (χ4v) is 2.00. The fourth-order valence-electron chi connectivity index (χ4n) is 2.00. The SMILES string of the molecule is NC(=NCCF)Nc1ccc2c(c1)CCC2. The lowest BCUT2D eigenvalue weighted by atomic mass is 10.1. The van der Waals surface area contributed by atoms with E-state index >= 15 is 0 Å². The Balaban J connectivity index is 2.05. The summed E-state index contributed by atoms with van der Waals surface area (Å²) in [6, 6.07) is 6.20. The third-order valence-electron chi connectivity index (χ3n) is 2.74. The molecule has 0 spiro atoms. The van der Waals surface area contributed by atoms with Gasteiger partial charge in [0, 0.05) is 5.69 Å².